The van der Waals surface area contributed by atoms with Gasteiger partial charge in [0.15, 0.2) is 0 Å². The summed E-state index contributed by atoms with van der Waals surface area (Å²) in [5.74, 6) is -0.000295. The summed E-state index contributed by atoms with van der Waals surface area (Å²) in [6, 6.07) is 27.5. The van der Waals surface area contributed by atoms with Gasteiger partial charge in [0.1, 0.15) is 0 Å². The van der Waals surface area contributed by atoms with Gasteiger partial charge in [0.2, 0.25) is 0 Å². The van der Waals surface area contributed by atoms with Crippen molar-refractivity contribution in [1.29, 1.82) is 0 Å². The van der Waals surface area contributed by atoms with Gasteiger partial charge in [0, 0.05) is 21.3 Å². The normalized spacial score (nSPS) is 15.4. The number of hydrogen-bond donors (Lipinski definition) is 0. The fourth-order valence-electron chi connectivity index (χ4n) is 2.98. The molecule has 0 spiro atoms. The van der Waals surface area contributed by atoms with Crippen LogP contribution in [-0.4, -0.2) is 5.91 Å². The first kappa shape index (κ1) is 14.9. The summed E-state index contributed by atoms with van der Waals surface area (Å²) in [6.07, 6.45) is 0. The van der Waals surface area contributed by atoms with Crippen LogP contribution >= 0.6 is 15.9 Å². The lowest BCUT2D eigenvalue weighted by atomic mass is 10.1. The predicted molar refractivity (Wildman–Crippen MR) is 102 cm³/mol. The predicted octanol–water partition coefficient (Wildman–Crippen LogP) is 5.57. The molecule has 0 atom stereocenters. The number of halogens is 1. The Morgan fingerprint density at radius 3 is 1.92 bits per heavy atom. The third-order valence-corrected chi connectivity index (χ3v) is 4.92. The standard InChI is InChI=1S/C21H14BrNO/c22-19(15-9-3-1-4-10-15)20-17-13-7-8-14-18(17)21(24)23(20)16-11-5-2-6-12-16/h1-14H/b20-19-. The molecule has 3 heteroatoms. The third-order valence-electron chi connectivity index (χ3n) is 4.09. The lowest BCUT2D eigenvalue weighted by Crippen LogP contribution is -2.22. The smallest absolute Gasteiger partial charge is 0.263 e. The Bertz CT molecular complexity index is 932. The third kappa shape index (κ3) is 2.38. The molecular formula is C21H14BrNO. The summed E-state index contributed by atoms with van der Waals surface area (Å²) in [5, 5.41) is 0. The van der Waals surface area contributed by atoms with Crippen molar-refractivity contribution >= 4 is 37.7 Å². The molecule has 0 saturated carbocycles. The van der Waals surface area contributed by atoms with Crippen molar-refractivity contribution in [3.8, 4) is 0 Å². The minimum absolute atomic E-state index is 0.000295. The Hall–Kier alpha value is -2.65. The van der Waals surface area contributed by atoms with E-state index in [1.54, 1.807) is 4.90 Å². The second kappa shape index (κ2) is 6.10. The van der Waals surface area contributed by atoms with Crippen molar-refractivity contribution in [2.45, 2.75) is 0 Å². The average Bonchev–Trinajstić information content (AvgIpc) is 2.95. The van der Waals surface area contributed by atoms with Crippen molar-refractivity contribution in [3.63, 3.8) is 0 Å². The van der Waals surface area contributed by atoms with Gasteiger partial charge in [-0.1, -0.05) is 66.7 Å². The highest BCUT2D eigenvalue weighted by molar-refractivity contribution is 9.15. The molecule has 0 N–H and O–H groups in total. The van der Waals surface area contributed by atoms with E-state index in [1.165, 1.54) is 0 Å². The fraction of sp³-hybridized carbons (Fsp3) is 0. The molecule has 0 saturated heterocycles. The van der Waals surface area contributed by atoms with Crippen LogP contribution in [0.2, 0.25) is 0 Å². The highest BCUT2D eigenvalue weighted by Gasteiger charge is 2.35. The summed E-state index contributed by atoms with van der Waals surface area (Å²) in [5.41, 5.74) is 4.46. The largest absolute Gasteiger partial charge is 0.275 e. The van der Waals surface area contributed by atoms with Crippen molar-refractivity contribution in [2.24, 2.45) is 0 Å². The van der Waals surface area contributed by atoms with Gasteiger partial charge >= 0.3 is 0 Å². The van der Waals surface area contributed by atoms with Gasteiger partial charge in [-0.3, -0.25) is 9.69 Å². The van der Waals surface area contributed by atoms with Gasteiger partial charge in [-0.25, -0.2) is 0 Å². The number of benzene rings is 3. The van der Waals surface area contributed by atoms with Crippen LogP contribution in [0.1, 0.15) is 21.5 Å². The summed E-state index contributed by atoms with van der Waals surface area (Å²) in [6.45, 7) is 0. The van der Waals surface area contributed by atoms with E-state index in [9.17, 15) is 4.79 Å². The number of rotatable bonds is 2. The highest BCUT2D eigenvalue weighted by atomic mass is 79.9. The first-order valence-corrected chi connectivity index (χ1v) is 8.51. The topological polar surface area (TPSA) is 20.3 Å². The highest BCUT2D eigenvalue weighted by Crippen LogP contribution is 2.42. The Morgan fingerprint density at radius 1 is 0.708 bits per heavy atom. The molecule has 2 nitrogen and oxygen atoms in total. The summed E-state index contributed by atoms with van der Waals surface area (Å²) in [7, 11) is 0. The lowest BCUT2D eigenvalue weighted by molar-refractivity contribution is 0.101. The molecule has 3 aromatic carbocycles. The Kier molecular flexibility index (Phi) is 3.79. The van der Waals surface area contributed by atoms with Crippen molar-refractivity contribution in [3.05, 3.63) is 102 Å². The summed E-state index contributed by atoms with van der Waals surface area (Å²) >= 11 is 3.73. The van der Waals surface area contributed by atoms with E-state index < -0.39 is 0 Å². The summed E-state index contributed by atoms with van der Waals surface area (Å²) < 4.78 is 0.908. The number of nitrogens with zero attached hydrogens (tertiary/aromatic N) is 1. The van der Waals surface area contributed by atoms with Crippen LogP contribution in [0.15, 0.2) is 84.9 Å². The minimum atomic E-state index is -0.000295. The van der Waals surface area contributed by atoms with Gasteiger partial charge < -0.3 is 0 Å². The fourth-order valence-corrected chi connectivity index (χ4v) is 3.63. The zero-order valence-electron chi connectivity index (χ0n) is 12.8. The number of amides is 1. The number of fused-ring (bicyclic) bond motifs is 1. The van der Waals surface area contributed by atoms with Crippen LogP contribution in [0.5, 0.6) is 0 Å². The van der Waals surface area contributed by atoms with Crippen LogP contribution in [0.3, 0.4) is 0 Å². The number of anilines is 1. The van der Waals surface area contributed by atoms with Crippen LogP contribution in [0, 0.1) is 0 Å². The lowest BCUT2D eigenvalue weighted by Gasteiger charge is -2.20. The Balaban J connectivity index is 1.99. The average molecular weight is 376 g/mol. The molecule has 1 aliphatic heterocycles. The molecule has 0 unspecified atom stereocenters. The first-order valence-electron chi connectivity index (χ1n) is 7.71. The molecule has 3 aromatic rings. The molecule has 0 aliphatic carbocycles. The second-order valence-corrected chi connectivity index (χ2v) is 6.34. The van der Waals surface area contributed by atoms with Crippen molar-refractivity contribution in [2.75, 3.05) is 4.90 Å². The van der Waals surface area contributed by atoms with Gasteiger partial charge in [0.25, 0.3) is 5.91 Å². The first-order chi connectivity index (χ1) is 11.8. The number of para-hydroxylation sites is 1. The van der Waals surface area contributed by atoms with Gasteiger partial charge in [-0.2, -0.15) is 0 Å². The number of carbonyl (C=O) groups excluding carboxylic acids is 1. The van der Waals surface area contributed by atoms with E-state index in [1.807, 2.05) is 84.9 Å². The molecule has 0 bridgehead atoms. The van der Waals surface area contributed by atoms with Crippen molar-refractivity contribution < 1.29 is 4.79 Å². The molecule has 1 amide bonds. The molecule has 24 heavy (non-hydrogen) atoms. The molecule has 1 heterocycles. The molecule has 0 aromatic heterocycles. The van der Waals surface area contributed by atoms with E-state index in [0.717, 1.165) is 32.6 Å². The van der Waals surface area contributed by atoms with Crippen molar-refractivity contribution in [1.82, 2.24) is 0 Å². The quantitative estimate of drug-likeness (QED) is 0.573. The zero-order valence-corrected chi connectivity index (χ0v) is 14.4. The van der Waals surface area contributed by atoms with E-state index >= 15 is 0 Å². The van der Waals surface area contributed by atoms with Crippen LogP contribution in [0.25, 0.3) is 10.2 Å². The number of carbonyl (C=O) groups is 1. The van der Waals surface area contributed by atoms with E-state index in [-0.39, 0.29) is 5.91 Å². The Labute approximate surface area is 149 Å². The monoisotopic (exact) mass is 375 g/mol. The SMILES string of the molecule is O=C1c2ccccc2/C(=C(/Br)c2ccccc2)N1c1ccccc1. The zero-order chi connectivity index (χ0) is 16.5. The molecule has 0 radical (unpaired) electrons. The minimum Gasteiger partial charge on any atom is -0.275 e. The van der Waals surface area contributed by atoms with Gasteiger partial charge in [-0.05, 0) is 39.7 Å². The maximum absolute atomic E-state index is 13.0. The molecular weight excluding hydrogens is 362 g/mol. The molecule has 4 rings (SSSR count). The van der Waals surface area contributed by atoms with Crippen LogP contribution in [0.4, 0.5) is 5.69 Å². The maximum atomic E-state index is 13.0. The maximum Gasteiger partial charge on any atom is 0.263 e. The van der Waals surface area contributed by atoms with E-state index in [4.69, 9.17) is 0 Å². The second-order valence-electron chi connectivity index (χ2n) is 5.55. The molecule has 0 fully saturated rings. The van der Waals surface area contributed by atoms with Crippen LogP contribution < -0.4 is 4.90 Å². The van der Waals surface area contributed by atoms with Crippen LogP contribution in [-0.2, 0) is 0 Å². The number of hydrogen-bond acceptors (Lipinski definition) is 1. The molecule has 116 valence electrons. The van der Waals surface area contributed by atoms with E-state index in [2.05, 4.69) is 15.9 Å². The van der Waals surface area contributed by atoms with Gasteiger partial charge in [-0.15, -0.1) is 0 Å². The van der Waals surface area contributed by atoms with E-state index in [0.29, 0.717) is 0 Å². The molecule has 1 aliphatic rings. The van der Waals surface area contributed by atoms with Gasteiger partial charge in [0.05, 0.1) is 5.70 Å². The summed E-state index contributed by atoms with van der Waals surface area (Å²) in [4.78, 5) is 14.8. The Morgan fingerprint density at radius 2 is 1.25 bits per heavy atom.